The number of fused-ring (bicyclic) bond motifs is 1. The Hall–Kier alpha value is -1.52. The van der Waals surface area contributed by atoms with Gasteiger partial charge in [-0.1, -0.05) is 12.7 Å². The Kier molecular flexibility index (Phi) is 2.40. The lowest BCUT2D eigenvalue weighted by Crippen LogP contribution is -2.44. The maximum absolute atomic E-state index is 11.6. The smallest absolute Gasteiger partial charge is 0.407 e. The maximum atomic E-state index is 11.6. The second kappa shape index (κ2) is 3.73. The van der Waals surface area contributed by atoms with Crippen LogP contribution in [0, 0.1) is 23.2 Å². The van der Waals surface area contributed by atoms with Crippen LogP contribution in [0.5, 0.6) is 0 Å². The van der Waals surface area contributed by atoms with Crippen molar-refractivity contribution >= 4 is 12.1 Å². The number of aliphatic carboxylic acids is 1. The molecule has 0 aliphatic heterocycles. The molecule has 0 saturated heterocycles. The number of amides is 1. The van der Waals surface area contributed by atoms with E-state index < -0.39 is 17.5 Å². The highest BCUT2D eigenvalue weighted by Gasteiger charge is 2.81. The molecule has 0 aromatic carbocycles. The van der Waals surface area contributed by atoms with Gasteiger partial charge in [0.2, 0.25) is 0 Å². The third-order valence-electron chi connectivity index (χ3n) is 4.96. The number of ether oxygens (including phenoxy) is 1. The minimum atomic E-state index is -0.756. The Morgan fingerprint density at radius 2 is 2.28 bits per heavy atom. The Bertz CT molecular complexity index is 421. The van der Waals surface area contributed by atoms with Crippen molar-refractivity contribution in [2.45, 2.75) is 25.3 Å². The van der Waals surface area contributed by atoms with Crippen LogP contribution < -0.4 is 5.32 Å². The Labute approximate surface area is 105 Å². The molecule has 5 nitrogen and oxygen atoms in total. The number of rotatable bonds is 4. The number of hydrogen-bond donors (Lipinski definition) is 2. The van der Waals surface area contributed by atoms with E-state index in [-0.39, 0.29) is 24.5 Å². The van der Waals surface area contributed by atoms with Crippen LogP contribution >= 0.6 is 0 Å². The second-order valence-corrected chi connectivity index (χ2v) is 5.53. The third-order valence-corrected chi connectivity index (χ3v) is 4.96. The molecule has 0 aromatic heterocycles. The normalized spacial score (nSPS) is 43.1. The van der Waals surface area contributed by atoms with Crippen LogP contribution in [0.25, 0.3) is 0 Å². The van der Waals surface area contributed by atoms with Gasteiger partial charge in [-0.25, -0.2) is 4.79 Å². The zero-order chi connectivity index (χ0) is 12.9. The van der Waals surface area contributed by atoms with Crippen LogP contribution in [0.1, 0.15) is 19.3 Å². The van der Waals surface area contributed by atoms with Gasteiger partial charge in [-0.3, -0.25) is 4.79 Å². The lowest BCUT2D eigenvalue weighted by molar-refractivity contribution is -0.145. The van der Waals surface area contributed by atoms with Crippen molar-refractivity contribution in [3.63, 3.8) is 0 Å². The summed E-state index contributed by atoms with van der Waals surface area (Å²) in [4.78, 5) is 23.1. The average molecular weight is 251 g/mol. The van der Waals surface area contributed by atoms with Crippen LogP contribution in [0.2, 0.25) is 0 Å². The minimum Gasteiger partial charge on any atom is -0.481 e. The zero-order valence-corrected chi connectivity index (χ0v) is 10.1. The number of carbonyl (C=O) groups is 2. The summed E-state index contributed by atoms with van der Waals surface area (Å²) < 4.78 is 4.87. The van der Waals surface area contributed by atoms with E-state index >= 15 is 0 Å². The van der Waals surface area contributed by atoms with Gasteiger partial charge in [0.25, 0.3) is 0 Å². The van der Waals surface area contributed by atoms with Crippen molar-refractivity contribution in [2.75, 3.05) is 6.61 Å². The Morgan fingerprint density at radius 1 is 1.50 bits per heavy atom. The summed E-state index contributed by atoms with van der Waals surface area (Å²) in [6.07, 6.45) is 3.82. The lowest BCUT2D eigenvalue weighted by Gasteiger charge is -2.21. The molecule has 3 rings (SSSR count). The van der Waals surface area contributed by atoms with Crippen LogP contribution in [0.3, 0.4) is 0 Å². The first-order chi connectivity index (χ1) is 8.62. The van der Waals surface area contributed by atoms with E-state index in [0.29, 0.717) is 5.92 Å². The number of carboxylic acid groups (broad SMARTS) is 1. The molecule has 98 valence electrons. The van der Waals surface area contributed by atoms with Crippen molar-refractivity contribution in [3.8, 4) is 0 Å². The fourth-order valence-corrected chi connectivity index (χ4v) is 4.42. The lowest BCUT2D eigenvalue weighted by atomic mass is 9.94. The van der Waals surface area contributed by atoms with Crippen molar-refractivity contribution in [3.05, 3.63) is 12.7 Å². The summed E-state index contributed by atoms with van der Waals surface area (Å²) >= 11 is 0. The summed E-state index contributed by atoms with van der Waals surface area (Å²) in [5.74, 6) is 0.252. The number of carboxylic acids is 1. The largest absolute Gasteiger partial charge is 0.481 e. The number of alkyl carbamates (subject to hydrolysis) is 1. The summed E-state index contributed by atoms with van der Waals surface area (Å²) in [5, 5.41) is 12.2. The van der Waals surface area contributed by atoms with E-state index in [2.05, 4.69) is 11.9 Å². The molecule has 3 aliphatic rings. The highest BCUT2D eigenvalue weighted by molar-refractivity contribution is 5.83. The van der Waals surface area contributed by atoms with Crippen LogP contribution in [0.15, 0.2) is 12.7 Å². The fourth-order valence-electron chi connectivity index (χ4n) is 4.42. The molecule has 2 N–H and O–H groups in total. The minimum absolute atomic E-state index is 0.148. The number of hydrogen-bond acceptors (Lipinski definition) is 3. The van der Waals surface area contributed by atoms with E-state index in [1.54, 1.807) is 0 Å². The highest BCUT2D eigenvalue weighted by Crippen LogP contribution is 2.76. The van der Waals surface area contributed by atoms with Crippen molar-refractivity contribution in [2.24, 2.45) is 23.2 Å². The van der Waals surface area contributed by atoms with Crippen LogP contribution in [-0.2, 0) is 9.53 Å². The molecule has 3 aliphatic carbocycles. The van der Waals surface area contributed by atoms with Gasteiger partial charge in [-0.05, 0) is 37.0 Å². The third kappa shape index (κ3) is 1.27. The molecule has 0 bridgehead atoms. The molecular weight excluding hydrogens is 234 g/mol. The molecule has 0 aromatic rings. The first-order valence-electron chi connectivity index (χ1n) is 6.40. The molecule has 5 atom stereocenters. The summed E-state index contributed by atoms with van der Waals surface area (Å²) in [6, 6.07) is -0.269. The fraction of sp³-hybridized carbons (Fsp3) is 0.692. The molecule has 3 fully saturated rings. The molecule has 3 saturated carbocycles. The molecule has 0 heterocycles. The maximum Gasteiger partial charge on any atom is 0.407 e. The van der Waals surface area contributed by atoms with Crippen molar-refractivity contribution in [1.29, 1.82) is 0 Å². The summed E-state index contributed by atoms with van der Waals surface area (Å²) in [7, 11) is 0. The van der Waals surface area contributed by atoms with Crippen molar-refractivity contribution < 1.29 is 19.4 Å². The van der Waals surface area contributed by atoms with Gasteiger partial charge in [0.05, 0.1) is 5.41 Å². The number of nitrogens with one attached hydrogen (secondary N) is 1. The highest BCUT2D eigenvalue weighted by atomic mass is 16.5. The average Bonchev–Trinajstić information content (AvgIpc) is 2.73. The Morgan fingerprint density at radius 3 is 2.89 bits per heavy atom. The quantitative estimate of drug-likeness (QED) is 0.740. The first-order valence-corrected chi connectivity index (χ1v) is 6.40. The monoisotopic (exact) mass is 251 g/mol. The van der Waals surface area contributed by atoms with Crippen molar-refractivity contribution in [1.82, 2.24) is 5.32 Å². The molecule has 5 heteroatoms. The molecule has 1 amide bonds. The summed E-state index contributed by atoms with van der Waals surface area (Å²) in [6.45, 7) is 3.61. The predicted octanol–water partition coefficient (Wildman–Crippen LogP) is 1.40. The van der Waals surface area contributed by atoms with Gasteiger partial charge in [0.15, 0.2) is 0 Å². The molecule has 0 radical (unpaired) electrons. The molecule has 18 heavy (non-hydrogen) atoms. The van der Waals surface area contributed by atoms with Gasteiger partial charge in [-0.2, -0.15) is 0 Å². The predicted molar refractivity (Wildman–Crippen MR) is 62.9 cm³/mol. The second-order valence-electron chi connectivity index (χ2n) is 5.53. The molecular formula is C13H17NO4. The number of carbonyl (C=O) groups excluding carboxylic acids is 1. The Balaban J connectivity index is 1.71. The molecule has 1 unspecified atom stereocenters. The van der Waals surface area contributed by atoms with Gasteiger partial charge in [0.1, 0.15) is 6.61 Å². The van der Waals surface area contributed by atoms with Gasteiger partial charge in [0, 0.05) is 6.04 Å². The van der Waals surface area contributed by atoms with Crippen LogP contribution in [-0.4, -0.2) is 29.8 Å². The first kappa shape index (κ1) is 11.6. The standard InChI is InChI=1S/C13H17NO4/c1-2-5-18-12(17)14-9-6-7-3-4-8-10(7)13(8,9)11(15)16/h2,7-10H,1,3-6H2,(H,14,17)(H,15,16)/t7-,8+,9-,10?,13+/m0/s1. The van der Waals surface area contributed by atoms with Gasteiger partial charge in [-0.15, -0.1) is 0 Å². The van der Waals surface area contributed by atoms with Crippen LogP contribution in [0.4, 0.5) is 4.79 Å². The van der Waals surface area contributed by atoms with E-state index in [1.807, 2.05) is 0 Å². The SMILES string of the molecule is C=CCOC(=O)N[C@H]1C[C@@H]2CC[C@@H]3C2[C@]13C(=O)O. The molecule has 0 spiro atoms. The summed E-state index contributed by atoms with van der Waals surface area (Å²) in [5.41, 5.74) is -0.698. The van der Waals surface area contributed by atoms with E-state index in [0.717, 1.165) is 19.3 Å². The van der Waals surface area contributed by atoms with E-state index in [4.69, 9.17) is 4.74 Å². The van der Waals surface area contributed by atoms with E-state index in [9.17, 15) is 14.7 Å². The zero-order valence-electron chi connectivity index (χ0n) is 10.1. The van der Waals surface area contributed by atoms with Gasteiger partial charge >= 0.3 is 12.1 Å². The van der Waals surface area contributed by atoms with Gasteiger partial charge < -0.3 is 15.2 Å². The van der Waals surface area contributed by atoms with E-state index in [1.165, 1.54) is 6.08 Å². The topological polar surface area (TPSA) is 75.6 Å².